The van der Waals surface area contributed by atoms with Crippen LogP contribution in [0.5, 0.6) is 0 Å². The van der Waals surface area contributed by atoms with Crippen molar-refractivity contribution in [3.05, 3.63) is 84.7 Å². The van der Waals surface area contributed by atoms with Crippen molar-refractivity contribution in [3.8, 4) is 11.1 Å². The van der Waals surface area contributed by atoms with Gasteiger partial charge in [0, 0.05) is 54.9 Å². The molecule has 0 aliphatic carbocycles. The van der Waals surface area contributed by atoms with Gasteiger partial charge in [-0.25, -0.2) is 0 Å². The molecule has 4 nitrogen and oxygen atoms in total. The van der Waals surface area contributed by atoms with Gasteiger partial charge in [0.1, 0.15) is 0 Å². The SMILES string of the molecule is C=C(NC)c1ccc2cccc(N3CCCc4cc(-c5cnn(C)c5)ccc43)c2c1. The standard InChI is InChI=1S/C26H26N4/c1-18(27-2)20-10-9-19-6-4-8-26(24(19)15-20)30-13-5-7-22-14-21(11-12-25(22)30)23-16-28-29(3)17-23/h4,6,8-12,14-17,27H,1,5,7,13H2,2-3H3. The molecule has 4 aromatic rings. The van der Waals surface area contributed by atoms with E-state index >= 15 is 0 Å². The Balaban J connectivity index is 1.61. The number of hydrogen-bond acceptors (Lipinski definition) is 3. The van der Waals surface area contributed by atoms with Crippen molar-refractivity contribution in [2.45, 2.75) is 12.8 Å². The molecule has 0 bridgehead atoms. The first-order valence-electron chi connectivity index (χ1n) is 10.4. The van der Waals surface area contributed by atoms with Gasteiger partial charge in [-0.1, -0.05) is 36.9 Å². The third kappa shape index (κ3) is 3.14. The number of benzene rings is 3. The fraction of sp³-hybridized carbons (Fsp3) is 0.192. The minimum absolute atomic E-state index is 0.937. The van der Waals surface area contributed by atoms with E-state index in [1.165, 1.54) is 33.3 Å². The van der Waals surface area contributed by atoms with Crippen molar-refractivity contribution in [1.82, 2.24) is 15.1 Å². The maximum Gasteiger partial charge on any atom is 0.0568 e. The molecule has 0 spiro atoms. The molecule has 0 saturated carbocycles. The number of rotatable bonds is 4. The molecule has 0 saturated heterocycles. The molecule has 0 fully saturated rings. The van der Waals surface area contributed by atoms with Gasteiger partial charge in [-0.3, -0.25) is 4.68 Å². The average molecular weight is 395 g/mol. The first kappa shape index (κ1) is 18.5. The van der Waals surface area contributed by atoms with E-state index in [4.69, 9.17) is 0 Å². The van der Waals surface area contributed by atoms with E-state index < -0.39 is 0 Å². The maximum atomic E-state index is 4.33. The Kier molecular flexibility index (Phi) is 4.55. The maximum absolute atomic E-state index is 4.33. The number of anilines is 2. The highest BCUT2D eigenvalue weighted by Gasteiger charge is 2.21. The summed E-state index contributed by atoms with van der Waals surface area (Å²) in [5.41, 5.74) is 8.42. The lowest BCUT2D eigenvalue weighted by atomic mass is 9.95. The molecule has 4 heteroatoms. The summed E-state index contributed by atoms with van der Waals surface area (Å²) in [6, 6.07) is 20.0. The van der Waals surface area contributed by atoms with E-state index in [1.807, 2.05) is 25.0 Å². The van der Waals surface area contributed by atoms with Gasteiger partial charge in [0.2, 0.25) is 0 Å². The quantitative estimate of drug-likeness (QED) is 0.495. The van der Waals surface area contributed by atoms with Crippen LogP contribution in [-0.4, -0.2) is 23.4 Å². The van der Waals surface area contributed by atoms with Crippen molar-refractivity contribution < 1.29 is 0 Å². The fourth-order valence-corrected chi connectivity index (χ4v) is 4.42. The third-order valence-electron chi connectivity index (χ3n) is 6.04. The van der Waals surface area contributed by atoms with E-state index in [2.05, 4.69) is 82.7 Å². The van der Waals surface area contributed by atoms with E-state index in [0.29, 0.717) is 0 Å². The Hall–Kier alpha value is -3.53. The van der Waals surface area contributed by atoms with Crippen molar-refractivity contribution in [2.75, 3.05) is 18.5 Å². The van der Waals surface area contributed by atoms with Crippen LogP contribution in [0.1, 0.15) is 17.5 Å². The number of nitrogens with zero attached hydrogens (tertiary/aromatic N) is 3. The molecule has 30 heavy (non-hydrogen) atoms. The second-order valence-electron chi connectivity index (χ2n) is 7.94. The number of aromatic nitrogens is 2. The summed E-state index contributed by atoms with van der Waals surface area (Å²) in [5, 5.41) is 10.0. The number of nitrogens with one attached hydrogen (secondary N) is 1. The summed E-state index contributed by atoms with van der Waals surface area (Å²) >= 11 is 0. The normalized spacial score (nSPS) is 13.3. The molecule has 0 radical (unpaired) electrons. The van der Waals surface area contributed by atoms with Crippen molar-refractivity contribution in [1.29, 1.82) is 0 Å². The first-order chi connectivity index (χ1) is 14.6. The minimum Gasteiger partial charge on any atom is -0.388 e. The van der Waals surface area contributed by atoms with Crippen LogP contribution in [0.4, 0.5) is 11.4 Å². The van der Waals surface area contributed by atoms with Gasteiger partial charge in [-0.05, 0) is 59.2 Å². The summed E-state index contributed by atoms with van der Waals surface area (Å²) in [4.78, 5) is 2.47. The van der Waals surface area contributed by atoms with Gasteiger partial charge in [0.25, 0.3) is 0 Å². The Morgan fingerprint density at radius 1 is 1.03 bits per heavy atom. The molecule has 3 aromatic carbocycles. The Bertz CT molecular complexity index is 1250. The van der Waals surface area contributed by atoms with E-state index in [-0.39, 0.29) is 0 Å². The van der Waals surface area contributed by atoms with Gasteiger partial charge in [0.15, 0.2) is 0 Å². The van der Waals surface area contributed by atoms with Gasteiger partial charge in [-0.2, -0.15) is 5.10 Å². The highest BCUT2D eigenvalue weighted by atomic mass is 15.2. The second kappa shape index (κ2) is 7.38. The van der Waals surface area contributed by atoms with Gasteiger partial charge >= 0.3 is 0 Å². The van der Waals surface area contributed by atoms with Crippen molar-refractivity contribution in [2.24, 2.45) is 7.05 Å². The van der Waals surface area contributed by atoms with Crippen LogP contribution in [0.2, 0.25) is 0 Å². The molecular formula is C26H26N4. The molecular weight excluding hydrogens is 368 g/mol. The van der Waals surface area contributed by atoms with E-state index in [9.17, 15) is 0 Å². The summed E-state index contributed by atoms with van der Waals surface area (Å²) < 4.78 is 1.85. The van der Waals surface area contributed by atoms with Crippen LogP contribution in [-0.2, 0) is 13.5 Å². The molecule has 2 heterocycles. The lowest BCUT2D eigenvalue weighted by Gasteiger charge is -2.32. The predicted molar refractivity (Wildman–Crippen MR) is 126 cm³/mol. The molecule has 0 atom stereocenters. The van der Waals surface area contributed by atoms with Crippen LogP contribution < -0.4 is 10.2 Å². The Morgan fingerprint density at radius 3 is 2.73 bits per heavy atom. The lowest BCUT2D eigenvalue weighted by molar-refractivity contribution is 0.767. The second-order valence-corrected chi connectivity index (χ2v) is 7.94. The molecule has 150 valence electrons. The summed E-state index contributed by atoms with van der Waals surface area (Å²) in [7, 11) is 3.88. The highest BCUT2D eigenvalue weighted by molar-refractivity contribution is 5.98. The monoisotopic (exact) mass is 394 g/mol. The van der Waals surface area contributed by atoms with Crippen LogP contribution in [0.3, 0.4) is 0 Å². The summed E-state index contributed by atoms with van der Waals surface area (Å²) in [6.07, 6.45) is 6.25. The van der Waals surface area contributed by atoms with Gasteiger partial charge < -0.3 is 10.2 Å². The summed E-state index contributed by atoms with van der Waals surface area (Å²) in [6.45, 7) is 5.16. The smallest absolute Gasteiger partial charge is 0.0568 e. The fourth-order valence-electron chi connectivity index (χ4n) is 4.42. The van der Waals surface area contributed by atoms with E-state index in [1.54, 1.807) is 0 Å². The Morgan fingerprint density at radius 2 is 1.93 bits per heavy atom. The number of fused-ring (bicyclic) bond motifs is 2. The molecule has 1 aliphatic rings. The molecule has 0 amide bonds. The summed E-state index contributed by atoms with van der Waals surface area (Å²) in [5.74, 6) is 0. The third-order valence-corrected chi connectivity index (χ3v) is 6.04. The topological polar surface area (TPSA) is 33.1 Å². The number of hydrogen-bond donors (Lipinski definition) is 1. The molecule has 5 rings (SSSR count). The zero-order chi connectivity index (χ0) is 20.7. The van der Waals surface area contributed by atoms with Gasteiger partial charge in [-0.15, -0.1) is 0 Å². The van der Waals surface area contributed by atoms with E-state index in [0.717, 1.165) is 36.2 Å². The molecule has 1 aromatic heterocycles. The van der Waals surface area contributed by atoms with Crippen LogP contribution >= 0.6 is 0 Å². The molecule has 0 unspecified atom stereocenters. The lowest BCUT2D eigenvalue weighted by Crippen LogP contribution is -2.24. The molecule has 1 aliphatic heterocycles. The zero-order valence-electron chi connectivity index (χ0n) is 17.5. The average Bonchev–Trinajstić information content (AvgIpc) is 3.23. The minimum atomic E-state index is 0.937. The van der Waals surface area contributed by atoms with Crippen LogP contribution in [0, 0.1) is 0 Å². The predicted octanol–water partition coefficient (Wildman–Crippen LogP) is 5.51. The van der Waals surface area contributed by atoms with Crippen LogP contribution in [0.25, 0.3) is 27.6 Å². The van der Waals surface area contributed by atoms with Crippen LogP contribution in [0.15, 0.2) is 73.6 Å². The Labute approximate surface area is 177 Å². The largest absolute Gasteiger partial charge is 0.388 e. The number of aryl methyl sites for hydroxylation is 2. The van der Waals surface area contributed by atoms with Gasteiger partial charge in [0.05, 0.1) is 6.20 Å². The first-order valence-corrected chi connectivity index (χ1v) is 10.4. The van der Waals surface area contributed by atoms with Crippen molar-refractivity contribution >= 4 is 27.8 Å². The zero-order valence-corrected chi connectivity index (χ0v) is 17.5. The molecule has 1 N–H and O–H groups in total. The highest BCUT2D eigenvalue weighted by Crippen LogP contribution is 2.39. The van der Waals surface area contributed by atoms with Crippen molar-refractivity contribution in [3.63, 3.8) is 0 Å².